The van der Waals surface area contributed by atoms with E-state index in [0.717, 1.165) is 35.1 Å². The smallest absolute Gasteiger partial charge is 0.243 e. The predicted molar refractivity (Wildman–Crippen MR) is 134 cm³/mol. The van der Waals surface area contributed by atoms with Crippen molar-refractivity contribution in [3.8, 4) is 0 Å². The number of amides is 3. The number of piperazine rings is 1. The maximum atomic E-state index is 13.8. The number of nitrogens with one attached hydrogen (secondary N) is 2. The number of carbonyl (C=O) groups is 3. The number of rotatable bonds is 12. The second kappa shape index (κ2) is 13.3. The topological polar surface area (TPSA) is 102 Å². The summed E-state index contributed by atoms with van der Waals surface area (Å²) >= 11 is 0. The van der Waals surface area contributed by atoms with Gasteiger partial charge < -0.3 is 25.5 Å². The predicted octanol–water partition coefficient (Wildman–Crippen LogP) is 1.40. The van der Waals surface area contributed by atoms with Crippen molar-refractivity contribution in [3.05, 3.63) is 70.8 Å². The van der Waals surface area contributed by atoms with Crippen LogP contribution in [-0.4, -0.2) is 77.5 Å². The molecule has 1 aliphatic rings. The van der Waals surface area contributed by atoms with Gasteiger partial charge in [0.15, 0.2) is 0 Å². The highest BCUT2D eigenvalue weighted by molar-refractivity contribution is 5.95. The van der Waals surface area contributed by atoms with Crippen LogP contribution in [0.15, 0.2) is 42.5 Å². The molecule has 0 spiro atoms. The van der Waals surface area contributed by atoms with Gasteiger partial charge in [-0.3, -0.25) is 14.4 Å². The second-order valence-corrected chi connectivity index (χ2v) is 9.19. The van der Waals surface area contributed by atoms with Crippen molar-refractivity contribution in [1.82, 2.24) is 20.4 Å². The Hall–Kier alpha value is -3.37. The number of hydrogen-bond donors (Lipinski definition) is 3. The molecule has 1 fully saturated rings. The van der Waals surface area contributed by atoms with E-state index in [9.17, 15) is 28.3 Å². The van der Waals surface area contributed by atoms with Gasteiger partial charge in [-0.15, -0.1) is 0 Å². The fraction of sp³-hybridized carbons (Fsp3) is 0.444. The third kappa shape index (κ3) is 8.33. The lowest BCUT2D eigenvalue weighted by Crippen LogP contribution is -2.57. The number of aliphatic hydroxyl groups is 1. The van der Waals surface area contributed by atoms with Crippen molar-refractivity contribution in [1.29, 1.82) is 0 Å². The van der Waals surface area contributed by atoms with Crippen LogP contribution in [0.5, 0.6) is 0 Å². The van der Waals surface area contributed by atoms with Crippen LogP contribution in [0.2, 0.25) is 0 Å². The first-order valence-electron chi connectivity index (χ1n) is 12.4. The molecule has 1 aliphatic heterocycles. The van der Waals surface area contributed by atoms with Crippen molar-refractivity contribution in [3.63, 3.8) is 0 Å². The first-order chi connectivity index (χ1) is 17.7. The molecule has 2 atom stereocenters. The summed E-state index contributed by atoms with van der Waals surface area (Å²) in [4.78, 5) is 39.9. The van der Waals surface area contributed by atoms with E-state index in [1.54, 1.807) is 6.92 Å². The molecule has 10 heteroatoms. The van der Waals surface area contributed by atoms with Crippen LogP contribution in [-0.2, 0) is 33.8 Å². The van der Waals surface area contributed by atoms with Crippen LogP contribution in [0.4, 0.5) is 8.78 Å². The molecule has 0 aliphatic carbocycles. The van der Waals surface area contributed by atoms with E-state index in [1.165, 1.54) is 10.5 Å². The zero-order valence-corrected chi connectivity index (χ0v) is 21.2. The average molecular weight is 517 g/mol. The van der Waals surface area contributed by atoms with Crippen LogP contribution < -0.4 is 10.6 Å². The lowest BCUT2D eigenvalue weighted by molar-refractivity contribution is -0.151. The van der Waals surface area contributed by atoms with Gasteiger partial charge in [0.05, 0.1) is 18.7 Å². The van der Waals surface area contributed by atoms with Crippen molar-refractivity contribution < 1.29 is 28.3 Å². The van der Waals surface area contributed by atoms with Crippen molar-refractivity contribution in [2.24, 2.45) is 0 Å². The molecule has 0 radical (unpaired) electrons. The van der Waals surface area contributed by atoms with Crippen LogP contribution in [0.3, 0.4) is 0 Å². The average Bonchev–Trinajstić information content (AvgIpc) is 2.85. The Morgan fingerprint density at radius 2 is 1.62 bits per heavy atom. The van der Waals surface area contributed by atoms with E-state index in [0.29, 0.717) is 13.1 Å². The quantitative estimate of drug-likeness (QED) is 0.396. The zero-order valence-electron chi connectivity index (χ0n) is 21.2. The summed E-state index contributed by atoms with van der Waals surface area (Å²) < 4.78 is 27.5. The lowest BCUT2D eigenvalue weighted by atomic mass is 10.0. The Kier molecular flexibility index (Phi) is 10.1. The Bertz CT molecular complexity index is 1090. The van der Waals surface area contributed by atoms with Crippen LogP contribution in [0, 0.1) is 11.6 Å². The van der Waals surface area contributed by atoms with Gasteiger partial charge in [0.2, 0.25) is 17.7 Å². The highest BCUT2D eigenvalue weighted by Crippen LogP contribution is 2.13. The molecule has 0 unspecified atom stereocenters. The van der Waals surface area contributed by atoms with Crippen molar-refractivity contribution in [2.45, 2.75) is 45.4 Å². The zero-order chi connectivity index (χ0) is 26.9. The maximum absolute atomic E-state index is 13.8. The molecule has 1 heterocycles. The van der Waals surface area contributed by atoms with Crippen molar-refractivity contribution in [2.75, 3.05) is 32.7 Å². The number of benzene rings is 2. The highest BCUT2D eigenvalue weighted by atomic mass is 19.1. The van der Waals surface area contributed by atoms with Gasteiger partial charge in [0.1, 0.15) is 24.7 Å². The second-order valence-electron chi connectivity index (χ2n) is 9.19. The summed E-state index contributed by atoms with van der Waals surface area (Å²) in [6.07, 6.45) is -0.236. The first kappa shape index (κ1) is 28.2. The Labute approximate surface area is 215 Å². The molecule has 0 saturated carbocycles. The molecule has 1 saturated heterocycles. The number of aliphatic hydroxyl groups excluding tert-OH is 1. The standard InChI is InChI=1S/C27H34F2N4O4/c1-3-18-6-5-7-19(8-18)13-30-14-24(34)23(11-20-9-21(28)12-22(29)10-20)31-25(35)15-33-17-26(36)32(4-2)16-27(33)37/h5-10,12,23-24,30,34H,3-4,11,13-17H2,1-2H3,(H,31,35)/t23-,24-/m0/s1. The third-order valence-corrected chi connectivity index (χ3v) is 6.34. The summed E-state index contributed by atoms with van der Waals surface area (Å²) in [7, 11) is 0. The number of carbonyl (C=O) groups excluding carboxylic acids is 3. The van der Waals surface area contributed by atoms with Crippen molar-refractivity contribution >= 4 is 17.7 Å². The molecule has 8 nitrogen and oxygen atoms in total. The highest BCUT2D eigenvalue weighted by Gasteiger charge is 2.31. The third-order valence-electron chi connectivity index (χ3n) is 6.34. The van der Waals surface area contributed by atoms with E-state index in [4.69, 9.17) is 0 Å². The summed E-state index contributed by atoms with van der Waals surface area (Å²) in [6, 6.07) is 10.1. The van der Waals surface area contributed by atoms with Crippen LogP contribution >= 0.6 is 0 Å². The Balaban J connectivity index is 1.65. The number of likely N-dealkylation sites (N-methyl/N-ethyl adjacent to an activating group) is 1. The lowest BCUT2D eigenvalue weighted by Gasteiger charge is -2.33. The fourth-order valence-electron chi connectivity index (χ4n) is 4.29. The molecule has 2 aromatic carbocycles. The van der Waals surface area contributed by atoms with E-state index < -0.39 is 29.7 Å². The molecule has 0 aromatic heterocycles. The van der Waals surface area contributed by atoms with E-state index >= 15 is 0 Å². The summed E-state index contributed by atoms with van der Waals surface area (Å²) in [5, 5.41) is 16.7. The minimum absolute atomic E-state index is 0.0366. The SMILES string of the molecule is CCc1cccc(CNC[C@H](O)[C@H](Cc2cc(F)cc(F)c2)NC(=O)CN2CC(=O)N(CC)CC2=O)c1. The van der Waals surface area contributed by atoms with Gasteiger partial charge >= 0.3 is 0 Å². The minimum Gasteiger partial charge on any atom is -0.390 e. The number of hydrogen-bond acceptors (Lipinski definition) is 5. The minimum atomic E-state index is -1.10. The monoisotopic (exact) mass is 516 g/mol. The van der Waals surface area contributed by atoms with Crippen LogP contribution in [0.1, 0.15) is 30.5 Å². The number of aryl methyl sites for hydroxylation is 1. The maximum Gasteiger partial charge on any atom is 0.243 e. The number of nitrogens with zero attached hydrogens (tertiary/aromatic N) is 2. The van der Waals surface area contributed by atoms with Gasteiger partial charge in [-0.05, 0) is 48.6 Å². The normalized spacial score (nSPS) is 15.6. The molecule has 2 aromatic rings. The molecule has 0 bridgehead atoms. The summed E-state index contributed by atoms with van der Waals surface area (Å²) in [5.74, 6) is -2.71. The fourth-order valence-corrected chi connectivity index (χ4v) is 4.29. The Morgan fingerprint density at radius 3 is 2.30 bits per heavy atom. The largest absolute Gasteiger partial charge is 0.390 e. The molecular weight excluding hydrogens is 482 g/mol. The molecular formula is C27H34F2N4O4. The van der Waals surface area contributed by atoms with Crippen LogP contribution in [0.25, 0.3) is 0 Å². The van der Waals surface area contributed by atoms with Gasteiger partial charge in [0, 0.05) is 25.7 Å². The van der Waals surface area contributed by atoms with Gasteiger partial charge in [-0.25, -0.2) is 8.78 Å². The summed E-state index contributed by atoms with van der Waals surface area (Å²) in [6.45, 7) is 4.15. The van der Waals surface area contributed by atoms with Gasteiger partial charge in [-0.1, -0.05) is 31.2 Å². The Morgan fingerprint density at radius 1 is 0.973 bits per heavy atom. The molecule has 37 heavy (non-hydrogen) atoms. The van der Waals surface area contributed by atoms with Gasteiger partial charge in [0.25, 0.3) is 0 Å². The van der Waals surface area contributed by atoms with E-state index in [-0.39, 0.29) is 50.0 Å². The van der Waals surface area contributed by atoms with E-state index in [2.05, 4.69) is 23.6 Å². The number of halogens is 2. The molecule has 3 N–H and O–H groups in total. The first-order valence-corrected chi connectivity index (χ1v) is 12.4. The molecule has 3 rings (SSSR count). The van der Waals surface area contributed by atoms with Gasteiger partial charge in [-0.2, -0.15) is 0 Å². The molecule has 3 amide bonds. The molecule has 200 valence electrons. The van der Waals surface area contributed by atoms with E-state index in [1.807, 2.05) is 18.2 Å². The summed E-state index contributed by atoms with van der Waals surface area (Å²) in [5.41, 5.74) is 2.49.